The summed E-state index contributed by atoms with van der Waals surface area (Å²) in [5, 5.41) is 8.98. The minimum atomic E-state index is 0.180. The highest BCUT2D eigenvalue weighted by molar-refractivity contribution is 5.81. The van der Waals surface area contributed by atoms with Crippen molar-refractivity contribution in [2.75, 3.05) is 7.11 Å². The number of hydrogen-bond acceptors (Lipinski definition) is 6. The van der Waals surface area contributed by atoms with Crippen LogP contribution >= 0.6 is 0 Å². The van der Waals surface area contributed by atoms with Gasteiger partial charge in [0.25, 0.3) is 11.8 Å². The second-order valence-electron chi connectivity index (χ2n) is 5.11. The molecule has 0 amide bonds. The molecule has 24 heavy (non-hydrogen) atoms. The van der Waals surface area contributed by atoms with Gasteiger partial charge in [0.05, 0.1) is 7.11 Å². The van der Waals surface area contributed by atoms with Crippen LogP contribution in [0.1, 0.15) is 5.89 Å². The molecule has 4 rings (SSSR count). The van der Waals surface area contributed by atoms with E-state index in [9.17, 15) is 0 Å². The molecule has 2 aromatic heterocycles. The first-order chi connectivity index (χ1) is 11.8. The van der Waals surface area contributed by atoms with E-state index in [-0.39, 0.29) is 6.61 Å². The number of nitrogens with zero attached hydrogens (tertiary/aromatic N) is 2. The molecule has 2 aromatic carbocycles. The van der Waals surface area contributed by atoms with Crippen LogP contribution in [0.15, 0.2) is 63.4 Å². The Morgan fingerprint density at radius 2 is 1.71 bits per heavy atom. The van der Waals surface area contributed by atoms with E-state index >= 15 is 0 Å². The molecule has 6 heteroatoms. The van der Waals surface area contributed by atoms with Gasteiger partial charge in [0.1, 0.15) is 17.1 Å². The number of benzene rings is 2. The number of ether oxygens (including phenoxy) is 2. The Kier molecular flexibility index (Phi) is 3.63. The van der Waals surface area contributed by atoms with Gasteiger partial charge in [-0.15, -0.1) is 10.2 Å². The van der Waals surface area contributed by atoms with E-state index in [1.807, 2.05) is 54.6 Å². The lowest BCUT2D eigenvalue weighted by Crippen LogP contribution is -1.95. The van der Waals surface area contributed by atoms with Gasteiger partial charge in [-0.25, -0.2) is 0 Å². The maximum Gasteiger partial charge on any atom is 0.283 e. The number of furan rings is 1. The van der Waals surface area contributed by atoms with Crippen molar-refractivity contribution in [3.63, 3.8) is 0 Å². The zero-order valence-electron chi connectivity index (χ0n) is 12.9. The van der Waals surface area contributed by atoms with Gasteiger partial charge in [-0.3, -0.25) is 0 Å². The van der Waals surface area contributed by atoms with Crippen molar-refractivity contribution in [2.45, 2.75) is 6.61 Å². The van der Waals surface area contributed by atoms with Crippen LogP contribution in [0.25, 0.3) is 22.6 Å². The normalized spacial score (nSPS) is 10.9. The molecule has 0 fully saturated rings. The Morgan fingerprint density at radius 3 is 2.50 bits per heavy atom. The maximum absolute atomic E-state index is 5.70. The Labute approximate surface area is 137 Å². The minimum absolute atomic E-state index is 0.180. The molecule has 0 aliphatic rings. The van der Waals surface area contributed by atoms with Crippen LogP contribution in [0.2, 0.25) is 0 Å². The molecular formula is C18H14N2O4. The number of fused-ring (bicyclic) bond motifs is 1. The molecule has 0 saturated carbocycles. The molecular weight excluding hydrogens is 308 g/mol. The highest BCUT2D eigenvalue weighted by Gasteiger charge is 2.13. The summed E-state index contributed by atoms with van der Waals surface area (Å²) in [6.45, 7) is 0.180. The molecule has 2 heterocycles. The standard InChI is InChI=1S/C18H14N2O4/c1-21-13-6-8-14(9-7-13)22-11-17-19-20-18(24-17)16-10-12-4-2-3-5-15(12)23-16/h2-10H,11H2,1H3. The summed E-state index contributed by atoms with van der Waals surface area (Å²) in [5.74, 6) is 2.71. The van der Waals surface area contributed by atoms with E-state index in [4.69, 9.17) is 18.3 Å². The van der Waals surface area contributed by atoms with Gasteiger partial charge in [-0.05, 0) is 36.4 Å². The highest BCUT2D eigenvalue weighted by Crippen LogP contribution is 2.27. The van der Waals surface area contributed by atoms with Crippen LogP contribution in [0, 0.1) is 0 Å². The van der Waals surface area contributed by atoms with Gasteiger partial charge in [-0.1, -0.05) is 18.2 Å². The lowest BCUT2D eigenvalue weighted by atomic mass is 10.2. The van der Waals surface area contributed by atoms with Gasteiger partial charge in [0.15, 0.2) is 12.4 Å². The molecule has 120 valence electrons. The number of para-hydroxylation sites is 1. The lowest BCUT2D eigenvalue weighted by Gasteiger charge is -2.04. The van der Waals surface area contributed by atoms with Crippen LogP contribution in [0.3, 0.4) is 0 Å². The summed E-state index contributed by atoms with van der Waals surface area (Å²) in [5.41, 5.74) is 0.779. The van der Waals surface area contributed by atoms with Crippen molar-refractivity contribution in [1.29, 1.82) is 0 Å². The van der Waals surface area contributed by atoms with Crippen molar-refractivity contribution in [3.05, 3.63) is 60.5 Å². The van der Waals surface area contributed by atoms with Crippen molar-refractivity contribution in [2.24, 2.45) is 0 Å². The van der Waals surface area contributed by atoms with E-state index in [0.717, 1.165) is 16.7 Å². The van der Waals surface area contributed by atoms with E-state index in [1.165, 1.54) is 0 Å². The third-order valence-electron chi connectivity index (χ3n) is 3.52. The molecule has 0 unspecified atom stereocenters. The van der Waals surface area contributed by atoms with Crippen LogP contribution in [-0.2, 0) is 6.61 Å². The predicted molar refractivity (Wildman–Crippen MR) is 86.8 cm³/mol. The molecule has 0 aliphatic heterocycles. The molecule has 0 bridgehead atoms. The Bertz CT molecular complexity index is 923. The van der Waals surface area contributed by atoms with Gasteiger partial charge < -0.3 is 18.3 Å². The maximum atomic E-state index is 5.70. The fraction of sp³-hybridized carbons (Fsp3) is 0.111. The van der Waals surface area contributed by atoms with E-state index in [1.54, 1.807) is 7.11 Å². The number of methoxy groups -OCH3 is 1. The summed E-state index contributed by atoms with van der Waals surface area (Å²) in [6.07, 6.45) is 0. The quantitative estimate of drug-likeness (QED) is 0.551. The number of rotatable bonds is 5. The molecule has 0 spiro atoms. The average molecular weight is 322 g/mol. The first-order valence-electron chi connectivity index (χ1n) is 7.40. The fourth-order valence-electron chi connectivity index (χ4n) is 2.32. The number of aromatic nitrogens is 2. The lowest BCUT2D eigenvalue weighted by molar-refractivity contribution is 0.263. The van der Waals surface area contributed by atoms with Crippen LogP contribution < -0.4 is 9.47 Å². The molecule has 4 aromatic rings. The molecule has 6 nitrogen and oxygen atoms in total. The van der Waals surface area contributed by atoms with Crippen LogP contribution in [0.5, 0.6) is 11.5 Å². The second kappa shape index (κ2) is 6.08. The third-order valence-corrected chi connectivity index (χ3v) is 3.52. The Morgan fingerprint density at radius 1 is 0.917 bits per heavy atom. The Balaban J connectivity index is 1.47. The second-order valence-corrected chi connectivity index (χ2v) is 5.11. The molecule has 0 atom stereocenters. The van der Waals surface area contributed by atoms with Crippen molar-refractivity contribution in [3.8, 4) is 23.1 Å². The largest absolute Gasteiger partial charge is 0.497 e. The summed E-state index contributed by atoms with van der Waals surface area (Å²) >= 11 is 0. The van der Waals surface area contributed by atoms with E-state index in [2.05, 4.69) is 10.2 Å². The number of hydrogen-bond donors (Lipinski definition) is 0. The fourth-order valence-corrected chi connectivity index (χ4v) is 2.32. The SMILES string of the molecule is COc1ccc(OCc2nnc(-c3cc4ccccc4o3)o2)cc1. The summed E-state index contributed by atoms with van der Waals surface area (Å²) < 4.78 is 22.0. The molecule has 0 radical (unpaired) electrons. The monoisotopic (exact) mass is 322 g/mol. The summed E-state index contributed by atoms with van der Waals surface area (Å²) in [6, 6.07) is 16.9. The zero-order valence-corrected chi connectivity index (χ0v) is 12.9. The Hall–Kier alpha value is -3.28. The first kappa shape index (κ1) is 14.3. The topological polar surface area (TPSA) is 70.5 Å². The van der Waals surface area contributed by atoms with Crippen molar-refractivity contribution >= 4 is 11.0 Å². The van der Waals surface area contributed by atoms with Gasteiger partial charge in [0, 0.05) is 5.39 Å². The first-order valence-corrected chi connectivity index (χ1v) is 7.40. The van der Waals surface area contributed by atoms with Gasteiger partial charge >= 0.3 is 0 Å². The van der Waals surface area contributed by atoms with Crippen molar-refractivity contribution in [1.82, 2.24) is 10.2 Å². The van der Waals surface area contributed by atoms with Crippen LogP contribution in [0.4, 0.5) is 0 Å². The van der Waals surface area contributed by atoms with Crippen LogP contribution in [-0.4, -0.2) is 17.3 Å². The summed E-state index contributed by atoms with van der Waals surface area (Å²) in [7, 11) is 1.62. The molecule has 0 saturated heterocycles. The smallest absolute Gasteiger partial charge is 0.283 e. The van der Waals surface area contributed by atoms with Gasteiger partial charge in [0.2, 0.25) is 0 Å². The summed E-state index contributed by atoms with van der Waals surface area (Å²) in [4.78, 5) is 0. The molecule has 0 N–H and O–H groups in total. The van der Waals surface area contributed by atoms with Gasteiger partial charge in [-0.2, -0.15) is 0 Å². The van der Waals surface area contributed by atoms with Crippen molar-refractivity contribution < 1.29 is 18.3 Å². The minimum Gasteiger partial charge on any atom is -0.497 e. The van der Waals surface area contributed by atoms with E-state index in [0.29, 0.717) is 23.3 Å². The predicted octanol–water partition coefficient (Wildman–Crippen LogP) is 4.07. The molecule has 0 aliphatic carbocycles. The third kappa shape index (κ3) is 2.81. The average Bonchev–Trinajstić information content (AvgIpc) is 3.27. The zero-order chi connectivity index (χ0) is 16.4. The highest BCUT2D eigenvalue weighted by atomic mass is 16.5. The van der Waals surface area contributed by atoms with E-state index < -0.39 is 0 Å².